The van der Waals surface area contributed by atoms with Crippen LogP contribution in [0, 0.1) is 17.6 Å². The van der Waals surface area contributed by atoms with Crippen molar-refractivity contribution in [3.8, 4) is 0 Å². The number of halogens is 3. The Morgan fingerprint density at radius 3 is 2.43 bits per heavy atom. The number of hydrogen-bond donors (Lipinski definition) is 3. The summed E-state index contributed by atoms with van der Waals surface area (Å²) >= 11 is 5.65. The van der Waals surface area contributed by atoms with Crippen LogP contribution in [0.5, 0.6) is 0 Å². The lowest BCUT2D eigenvalue weighted by Crippen LogP contribution is -2.42. The molecule has 0 bridgehead atoms. The Hall–Kier alpha value is -1.89. The zero-order chi connectivity index (χ0) is 16.2. The minimum Gasteiger partial charge on any atom is -0.481 e. The molecule has 5 nitrogen and oxygen atoms in total. The van der Waals surface area contributed by atoms with Crippen molar-refractivity contribution in [1.29, 1.82) is 0 Å². The number of aliphatic carboxylic acids is 1. The molecule has 2 amide bonds. The van der Waals surface area contributed by atoms with Crippen LogP contribution in [0.4, 0.5) is 19.3 Å². The van der Waals surface area contributed by atoms with Gasteiger partial charge in [-0.15, -0.1) is 0 Å². The van der Waals surface area contributed by atoms with E-state index in [-0.39, 0.29) is 23.0 Å². The summed E-state index contributed by atoms with van der Waals surface area (Å²) in [4.78, 5) is 22.5. The first-order chi connectivity index (χ1) is 9.70. The number of hydrogen-bond acceptors (Lipinski definition) is 2. The fourth-order valence-electron chi connectivity index (χ4n) is 1.62. The average Bonchev–Trinajstić information content (AvgIpc) is 2.32. The van der Waals surface area contributed by atoms with Crippen LogP contribution in [0.15, 0.2) is 12.1 Å². The molecular weight excluding hydrogens is 306 g/mol. The molecule has 0 aromatic heterocycles. The molecule has 3 N–H and O–H groups in total. The molecule has 1 unspecified atom stereocenters. The molecule has 8 heteroatoms. The van der Waals surface area contributed by atoms with E-state index >= 15 is 0 Å². The zero-order valence-electron chi connectivity index (χ0n) is 11.4. The number of rotatable bonds is 5. The van der Waals surface area contributed by atoms with E-state index in [0.29, 0.717) is 6.07 Å². The molecular formula is C13H15ClF2N2O3. The second kappa shape index (κ2) is 7.21. The van der Waals surface area contributed by atoms with E-state index in [0.717, 1.165) is 6.07 Å². The molecule has 0 spiro atoms. The molecule has 0 radical (unpaired) electrons. The van der Waals surface area contributed by atoms with Gasteiger partial charge in [0.25, 0.3) is 0 Å². The van der Waals surface area contributed by atoms with E-state index < -0.39 is 29.7 Å². The van der Waals surface area contributed by atoms with Gasteiger partial charge in [-0.05, 0) is 12.0 Å². The number of nitrogens with one attached hydrogen (secondary N) is 2. The van der Waals surface area contributed by atoms with Crippen molar-refractivity contribution in [3.05, 3.63) is 28.8 Å². The fourth-order valence-corrected chi connectivity index (χ4v) is 1.86. The maximum Gasteiger partial charge on any atom is 0.319 e. The highest BCUT2D eigenvalue weighted by atomic mass is 35.5. The summed E-state index contributed by atoms with van der Waals surface area (Å²) in [6, 6.07) is -0.0111. The quantitative estimate of drug-likeness (QED) is 0.779. The first-order valence-electron chi connectivity index (χ1n) is 6.14. The number of amides is 2. The minimum absolute atomic E-state index is 0.139. The first-order valence-corrected chi connectivity index (χ1v) is 6.52. The summed E-state index contributed by atoms with van der Waals surface area (Å²) in [7, 11) is 0. The largest absolute Gasteiger partial charge is 0.481 e. The van der Waals surface area contributed by atoms with Crippen LogP contribution in [-0.4, -0.2) is 23.1 Å². The summed E-state index contributed by atoms with van der Waals surface area (Å²) in [6.07, 6.45) is -0.273. The summed E-state index contributed by atoms with van der Waals surface area (Å²) in [5.74, 6) is -3.09. The molecule has 0 aliphatic carbocycles. The number of urea groups is 1. The summed E-state index contributed by atoms with van der Waals surface area (Å²) in [6.45, 7) is 3.47. The van der Waals surface area contributed by atoms with Crippen LogP contribution in [-0.2, 0) is 4.79 Å². The topological polar surface area (TPSA) is 78.4 Å². The minimum atomic E-state index is -1.07. The number of carbonyl (C=O) groups excluding carboxylic acids is 1. The first kappa shape index (κ1) is 17.2. The van der Waals surface area contributed by atoms with Gasteiger partial charge >= 0.3 is 12.0 Å². The van der Waals surface area contributed by atoms with Crippen molar-refractivity contribution < 1.29 is 23.5 Å². The Balaban J connectivity index is 2.79. The Labute approximate surface area is 125 Å². The lowest BCUT2D eigenvalue weighted by atomic mass is 10.0. The average molecular weight is 321 g/mol. The third-order valence-corrected chi connectivity index (χ3v) is 3.06. The van der Waals surface area contributed by atoms with Gasteiger partial charge in [0.15, 0.2) is 5.82 Å². The predicted molar refractivity (Wildman–Crippen MR) is 74.4 cm³/mol. The summed E-state index contributed by atoms with van der Waals surface area (Å²) < 4.78 is 26.4. The van der Waals surface area contributed by atoms with Crippen LogP contribution in [0.3, 0.4) is 0 Å². The van der Waals surface area contributed by atoms with E-state index in [4.69, 9.17) is 16.7 Å². The van der Waals surface area contributed by atoms with E-state index in [2.05, 4.69) is 10.6 Å². The molecule has 0 aliphatic heterocycles. The van der Waals surface area contributed by atoms with E-state index in [1.165, 1.54) is 0 Å². The Morgan fingerprint density at radius 2 is 1.95 bits per heavy atom. The van der Waals surface area contributed by atoms with Crippen LogP contribution in [0.2, 0.25) is 5.02 Å². The molecule has 116 valence electrons. The summed E-state index contributed by atoms with van der Waals surface area (Å²) in [5.41, 5.74) is -0.367. The normalized spacial score (nSPS) is 12.1. The van der Waals surface area contributed by atoms with Gasteiger partial charge in [-0.25, -0.2) is 13.6 Å². The van der Waals surface area contributed by atoms with Gasteiger partial charge in [0.05, 0.1) is 17.1 Å². The van der Waals surface area contributed by atoms with Crippen LogP contribution < -0.4 is 10.6 Å². The predicted octanol–water partition coefficient (Wildman–Crippen LogP) is 3.24. The lowest BCUT2D eigenvalue weighted by molar-refractivity contribution is -0.137. The highest BCUT2D eigenvalue weighted by Gasteiger charge is 2.20. The van der Waals surface area contributed by atoms with Gasteiger partial charge in [0.2, 0.25) is 0 Å². The van der Waals surface area contributed by atoms with Crippen LogP contribution >= 0.6 is 11.6 Å². The van der Waals surface area contributed by atoms with Crippen molar-refractivity contribution in [2.24, 2.45) is 5.92 Å². The molecule has 1 aromatic rings. The molecule has 0 aliphatic rings. The van der Waals surface area contributed by atoms with Crippen LogP contribution in [0.25, 0.3) is 0 Å². The van der Waals surface area contributed by atoms with Gasteiger partial charge < -0.3 is 15.7 Å². The van der Waals surface area contributed by atoms with E-state index in [1.54, 1.807) is 13.8 Å². The number of anilines is 1. The second-order valence-electron chi connectivity index (χ2n) is 4.79. The highest BCUT2D eigenvalue weighted by molar-refractivity contribution is 6.33. The third kappa shape index (κ3) is 5.18. The van der Waals surface area contributed by atoms with E-state index in [9.17, 15) is 18.4 Å². The van der Waals surface area contributed by atoms with Gasteiger partial charge in [0, 0.05) is 12.1 Å². The Kier molecular flexibility index (Phi) is 5.90. The van der Waals surface area contributed by atoms with E-state index in [1.807, 2.05) is 0 Å². The number of carbonyl (C=O) groups is 2. The molecule has 1 aromatic carbocycles. The second-order valence-corrected chi connectivity index (χ2v) is 5.20. The maximum atomic E-state index is 13.5. The Bertz CT molecular complexity index is 529. The zero-order valence-corrected chi connectivity index (χ0v) is 12.2. The van der Waals surface area contributed by atoms with Crippen molar-refractivity contribution in [2.75, 3.05) is 5.32 Å². The molecule has 0 saturated heterocycles. The van der Waals surface area contributed by atoms with Crippen molar-refractivity contribution in [3.63, 3.8) is 0 Å². The SMILES string of the molecule is CC(C)C(CC(=O)O)NC(=O)Nc1c(F)cc(F)cc1Cl. The number of carboxylic acids is 1. The van der Waals surface area contributed by atoms with Crippen molar-refractivity contribution in [2.45, 2.75) is 26.3 Å². The fraction of sp³-hybridized carbons (Fsp3) is 0.385. The van der Waals surface area contributed by atoms with Crippen LogP contribution in [0.1, 0.15) is 20.3 Å². The highest BCUT2D eigenvalue weighted by Crippen LogP contribution is 2.26. The summed E-state index contributed by atoms with van der Waals surface area (Å²) in [5, 5.41) is 13.0. The molecule has 0 fully saturated rings. The molecule has 1 atom stereocenters. The van der Waals surface area contributed by atoms with Gasteiger partial charge in [-0.3, -0.25) is 4.79 Å². The monoisotopic (exact) mass is 320 g/mol. The molecule has 1 rings (SSSR count). The number of carboxylic acid groups (broad SMARTS) is 1. The Morgan fingerprint density at radius 1 is 1.33 bits per heavy atom. The molecule has 0 heterocycles. The smallest absolute Gasteiger partial charge is 0.319 e. The number of benzene rings is 1. The maximum absolute atomic E-state index is 13.5. The molecule has 0 saturated carbocycles. The van der Waals surface area contributed by atoms with Gasteiger partial charge in [-0.1, -0.05) is 25.4 Å². The van der Waals surface area contributed by atoms with Gasteiger partial charge in [0.1, 0.15) is 5.82 Å². The molecule has 21 heavy (non-hydrogen) atoms. The lowest BCUT2D eigenvalue weighted by Gasteiger charge is -2.21. The van der Waals surface area contributed by atoms with Crippen molar-refractivity contribution in [1.82, 2.24) is 5.32 Å². The van der Waals surface area contributed by atoms with Crippen molar-refractivity contribution >= 4 is 29.3 Å². The standard InChI is InChI=1S/C13H15ClF2N2O3/c1-6(2)10(5-11(19)20)17-13(21)18-12-8(14)3-7(15)4-9(12)16/h3-4,6,10H,5H2,1-2H3,(H,19,20)(H2,17,18,21). The van der Waals surface area contributed by atoms with Gasteiger partial charge in [-0.2, -0.15) is 0 Å². The third-order valence-electron chi connectivity index (χ3n) is 2.76.